The molecule has 0 aromatic heterocycles. The van der Waals surface area contributed by atoms with Gasteiger partial charge < -0.3 is 15.7 Å². The molecule has 2 amide bonds. The average molecular weight is 368 g/mol. The third-order valence-electron chi connectivity index (χ3n) is 3.52. The molecule has 3 atom stereocenters. The van der Waals surface area contributed by atoms with Gasteiger partial charge in [-0.15, -0.1) is 0 Å². The average Bonchev–Trinajstić information content (AvgIpc) is 2.56. The molecule has 0 saturated carbocycles. The fourth-order valence-electron chi connectivity index (χ4n) is 2.19. The molecule has 0 aliphatic rings. The number of carbonyl (C=O) groups excluding carboxylic acids is 2. The van der Waals surface area contributed by atoms with Crippen molar-refractivity contribution in [2.24, 2.45) is 5.92 Å². The van der Waals surface area contributed by atoms with E-state index >= 15 is 0 Å². The molecular formula is C17H24N2O5S. The lowest BCUT2D eigenvalue weighted by molar-refractivity contribution is -0.142. The highest BCUT2D eigenvalue weighted by Crippen LogP contribution is 2.09. The van der Waals surface area contributed by atoms with E-state index in [2.05, 4.69) is 10.6 Å². The Kier molecular flexibility index (Phi) is 8.27. The Morgan fingerprint density at radius 2 is 1.72 bits per heavy atom. The van der Waals surface area contributed by atoms with Gasteiger partial charge in [-0.3, -0.25) is 13.8 Å². The number of hydrogen-bond acceptors (Lipinski definition) is 4. The van der Waals surface area contributed by atoms with Gasteiger partial charge in [-0.05, 0) is 24.5 Å². The summed E-state index contributed by atoms with van der Waals surface area (Å²) in [7, 11) is -1.35. The predicted octanol–water partition coefficient (Wildman–Crippen LogP) is 0.914. The summed E-state index contributed by atoms with van der Waals surface area (Å²) in [5.41, 5.74) is 0. The quantitative estimate of drug-likeness (QED) is 0.600. The first-order chi connectivity index (χ1) is 11.7. The van der Waals surface area contributed by atoms with Gasteiger partial charge in [-0.2, -0.15) is 0 Å². The third-order valence-corrected chi connectivity index (χ3v) is 4.92. The summed E-state index contributed by atoms with van der Waals surface area (Å²) >= 11 is 0. The van der Waals surface area contributed by atoms with E-state index in [1.54, 1.807) is 44.2 Å². The fraction of sp³-hybridized carbons (Fsp3) is 0.471. The molecule has 0 saturated heterocycles. The Labute approximate surface area is 149 Å². The smallest absolute Gasteiger partial charge is 0.326 e. The Morgan fingerprint density at radius 3 is 2.20 bits per heavy atom. The second-order valence-corrected chi connectivity index (χ2v) is 7.54. The van der Waals surface area contributed by atoms with E-state index in [0.717, 1.165) is 0 Å². The molecule has 0 aliphatic carbocycles. The molecule has 25 heavy (non-hydrogen) atoms. The van der Waals surface area contributed by atoms with Gasteiger partial charge in [-0.25, -0.2) is 4.79 Å². The van der Waals surface area contributed by atoms with E-state index in [4.69, 9.17) is 0 Å². The third kappa shape index (κ3) is 7.04. The highest BCUT2D eigenvalue weighted by molar-refractivity contribution is 7.85. The number of carbonyl (C=O) groups is 3. The maximum absolute atomic E-state index is 12.3. The number of aliphatic carboxylic acids is 1. The van der Waals surface area contributed by atoms with E-state index in [0.29, 0.717) is 4.90 Å². The van der Waals surface area contributed by atoms with Gasteiger partial charge in [-0.1, -0.05) is 32.0 Å². The van der Waals surface area contributed by atoms with E-state index in [-0.39, 0.29) is 24.0 Å². The van der Waals surface area contributed by atoms with Crippen LogP contribution in [0.2, 0.25) is 0 Å². The van der Waals surface area contributed by atoms with Gasteiger partial charge in [0.2, 0.25) is 11.8 Å². The lowest BCUT2D eigenvalue weighted by atomic mass is 10.0. The Hall–Kier alpha value is -2.22. The standard InChI is InChI=1S/C17H24N2O5S/c1-11(2)15(18-12(3)20)16(21)19-14(17(22)23)9-10-25(24)13-7-5-4-6-8-13/h4-8,11,14-15H,9-10H2,1-3H3,(H,18,20)(H,19,21)(H,22,23)/t14-,15+,25-/m0/s1. The van der Waals surface area contributed by atoms with Crippen molar-refractivity contribution in [3.05, 3.63) is 30.3 Å². The minimum absolute atomic E-state index is 0.0213. The van der Waals surface area contributed by atoms with Crippen LogP contribution in [0, 0.1) is 5.92 Å². The van der Waals surface area contributed by atoms with Gasteiger partial charge in [0.1, 0.15) is 12.1 Å². The molecule has 0 unspecified atom stereocenters. The maximum Gasteiger partial charge on any atom is 0.326 e. The molecule has 0 spiro atoms. The molecule has 8 heteroatoms. The maximum atomic E-state index is 12.3. The first-order valence-electron chi connectivity index (χ1n) is 7.96. The topological polar surface area (TPSA) is 113 Å². The minimum Gasteiger partial charge on any atom is -0.480 e. The zero-order chi connectivity index (χ0) is 19.0. The van der Waals surface area contributed by atoms with Crippen molar-refractivity contribution in [2.75, 3.05) is 5.75 Å². The molecular weight excluding hydrogens is 344 g/mol. The van der Waals surface area contributed by atoms with Crippen LogP contribution in [-0.4, -0.2) is 44.9 Å². The fourth-order valence-corrected chi connectivity index (χ4v) is 3.33. The van der Waals surface area contributed by atoms with E-state index in [1.807, 2.05) is 0 Å². The van der Waals surface area contributed by atoms with Crippen LogP contribution < -0.4 is 10.6 Å². The van der Waals surface area contributed by atoms with Gasteiger partial charge in [0.05, 0.1) is 10.8 Å². The number of nitrogens with one attached hydrogen (secondary N) is 2. The number of carboxylic acids is 1. The van der Waals surface area contributed by atoms with Crippen molar-refractivity contribution in [3.63, 3.8) is 0 Å². The van der Waals surface area contributed by atoms with Crippen molar-refractivity contribution in [2.45, 2.75) is 44.2 Å². The lowest BCUT2D eigenvalue weighted by Gasteiger charge is -2.23. The zero-order valence-electron chi connectivity index (χ0n) is 14.5. The van der Waals surface area contributed by atoms with Crippen LogP contribution in [-0.2, 0) is 25.2 Å². The van der Waals surface area contributed by atoms with Crippen molar-refractivity contribution in [1.29, 1.82) is 0 Å². The van der Waals surface area contributed by atoms with Crippen molar-refractivity contribution in [1.82, 2.24) is 10.6 Å². The molecule has 7 nitrogen and oxygen atoms in total. The second kappa shape index (κ2) is 9.93. The Balaban J connectivity index is 2.70. The molecule has 0 aliphatic heterocycles. The molecule has 3 N–H and O–H groups in total. The van der Waals surface area contributed by atoms with Crippen molar-refractivity contribution < 1.29 is 23.7 Å². The van der Waals surface area contributed by atoms with Crippen LogP contribution in [0.5, 0.6) is 0 Å². The molecule has 138 valence electrons. The molecule has 0 heterocycles. The first kappa shape index (κ1) is 20.8. The monoisotopic (exact) mass is 368 g/mol. The summed E-state index contributed by atoms with van der Waals surface area (Å²) in [6.45, 7) is 4.79. The van der Waals surface area contributed by atoms with Crippen LogP contribution in [0.15, 0.2) is 35.2 Å². The van der Waals surface area contributed by atoms with Crippen LogP contribution in [0.3, 0.4) is 0 Å². The SMILES string of the molecule is CC(=O)N[C@@H](C(=O)N[C@@H](CC[S@](=O)c1ccccc1)C(=O)O)C(C)C. The Bertz CT molecular complexity index is 633. The van der Waals surface area contributed by atoms with Crippen LogP contribution >= 0.6 is 0 Å². The van der Waals surface area contributed by atoms with Crippen molar-refractivity contribution >= 4 is 28.6 Å². The first-order valence-corrected chi connectivity index (χ1v) is 9.28. The van der Waals surface area contributed by atoms with Gasteiger partial charge in [0, 0.05) is 17.6 Å². The second-order valence-electron chi connectivity index (χ2n) is 5.97. The van der Waals surface area contributed by atoms with Crippen molar-refractivity contribution in [3.8, 4) is 0 Å². The molecule has 0 radical (unpaired) electrons. The largest absolute Gasteiger partial charge is 0.480 e. The van der Waals surface area contributed by atoms with Crippen LogP contribution in [0.4, 0.5) is 0 Å². The highest BCUT2D eigenvalue weighted by Gasteiger charge is 2.28. The Morgan fingerprint density at radius 1 is 1.12 bits per heavy atom. The summed E-state index contributed by atoms with van der Waals surface area (Å²) in [5.74, 6) is -2.23. The normalized spacial score (nSPS) is 14.4. The number of carboxylic acid groups (broad SMARTS) is 1. The van der Waals surface area contributed by atoms with Crippen LogP contribution in [0.25, 0.3) is 0 Å². The molecule has 1 rings (SSSR count). The van der Waals surface area contributed by atoms with Gasteiger partial charge in [0.15, 0.2) is 0 Å². The number of rotatable bonds is 9. The molecule has 0 bridgehead atoms. The summed E-state index contributed by atoms with van der Waals surface area (Å²) in [6.07, 6.45) is 0.0213. The summed E-state index contributed by atoms with van der Waals surface area (Å²) in [5, 5.41) is 14.2. The molecule has 1 aromatic carbocycles. The summed E-state index contributed by atoms with van der Waals surface area (Å²) in [4.78, 5) is 35.5. The highest BCUT2D eigenvalue weighted by atomic mass is 32.2. The lowest BCUT2D eigenvalue weighted by Crippen LogP contribution is -2.53. The number of benzene rings is 1. The number of amides is 2. The summed E-state index contributed by atoms with van der Waals surface area (Å²) in [6, 6.07) is 6.73. The van der Waals surface area contributed by atoms with E-state index in [9.17, 15) is 23.7 Å². The van der Waals surface area contributed by atoms with E-state index < -0.39 is 34.8 Å². The van der Waals surface area contributed by atoms with E-state index in [1.165, 1.54) is 6.92 Å². The molecule has 1 aromatic rings. The predicted molar refractivity (Wildman–Crippen MR) is 94.3 cm³/mol. The van der Waals surface area contributed by atoms with Gasteiger partial charge >= 0.3 is 5.97 Å². The minimum atomic E-state index is -1.35. The summed E-state index contributed by atoms with van der Waals surface area (Å²) < 4.78 is 12.2. The number of hydrogen-bond donors (Lipinski definition) is 3. The van der Waals surface area contributed by atoms with Crippen LogP contribution in [0.1, 0.15) is 27.2 Å². The molecule has 0 fully saturated rings. The zero-order valence-corrected chi connectivity index (χ0v) is 15.3. The van der Waals surface area contributed by atoms with Gasteiger partial charge in [0.25, 0.3) is 0 Å².